The molecule has 6 heteroatoms. The van der Waals surface area contributed by atoms with Crippen molar-refractivity contribution >= 4 is 12.1 Å². The van der Waals surface area contributed by atoms with E-state index in [1.54, 1.807) is 20.8 Å². The Balaban J connectivity index is 3.81. The lowest BCUT2D eigenvalue weighted by molar-refractivity contribution is -0.138. The second-order valence-electron chi connectivity index (χ2n) is 4.36. The molecule has 96 valence electrons. The number of nitrogens with two attached hydrogens (primary N) is 1. The van der Waals surface area contributed by atoms with Crippen LogP contribution in [0.4, 0.5) is 4.79 Å². The molecule has 0 aromatic heterocycles. The maximum absolute atomic E-state index is 11.1. The minimum Gasteiger partial charge on any atom is -0.480 e. The molecule has 0 rings (SSSR count). The topological polar surface area (TPSA) is 102 Å². The third-order valence-corrected chi connectivity index (χ3v) is 1.48. The van der Waals surface area contributed by atoms with Crippen molar-refractivity contribution in [2.24, 2.45) is 5.73 Å². The fourth-order valence-electron chi connectivity index (χ4n) is 0.762. The summed E-state index contributed by atoms with van der Waals surface area (Å²) >= 11 is 0. The summed E-state index contributed by atoms with van der Waals surface area (Å²) in [6, 6.07) is -0.996. The molecule has 0 unspecified atom stereocenters. The van der Waals surface area contributed by atoms with E-state index >= 15 is 0 Å². The van der Waals surface area contributed by atoms with Gasteiger partial charge in [0.15, 0.2) is 0 Å². The van der Waals surface area contributed by atoms with Gasteiger partial charge in [-0.25, -0.2) is 4.79 Å². The van der Waals surface area contributed by atoms with E-state index in [-0.39, 0.29) is 13.0 Å². The molecule has 0 heterocycles. The first-order chi connectivity index (χ1) is 7.72. The third-order valence-electron chi connectivity index (χ3n) is 1.48. The molecule has 0 aromatic rings. The Bertz CT molecular complexity index is 336. The number of ether oxygens (including phenoxy) is 1. The van der Waals surface area contributed by atoms with Gasteiger partial charge in [-0.3, -0.25) is 4.79 Å². The highest BCUT2D eigenvalue weighted by molar-refractivity contribution is 5.73. The zero-order chi connectivity index (χ0) is 13.5. The number of alkyl carbamates (subject to hydrolysis) is 1. The SMILES string of the molecule is CC(C)(C)OC(=O)NCC#CC[C@@H](N)C(=O)O. The zero-order valence-corrected chi connectivity index (χ0v) is 10.2. The van der Waals surface area contributed by atoms with Gasteiger partial charge in [0.2, 0.25) is 0 Å². The minimum absolute atomic E-state index is 0.0470. The normalized spacial score (nSPS) is 12.0. The smallest absolute Gasteiger partial charge is 0.408 e. The van der Waals surface area contributed by atoms with Crippen molar-refractivity contribution in [2.45, 2.75) is 38.8 Å². The molecule has 0 bridgehead atoms. The van der Waals surface area contributed by atoms with E-state index in [4.69, 9.17) is 15.6 Å². The minimum atomic E-state index is -1.10. The van der Waals surface area contributed by atoms with Gasteiger partial charge >= 0.3 is 12.1 Å². The molecule has 0 aromatic carbocycles. The van der Waals surface area contributed by atoms with Gasteiger partial charge in [0.05, 0.1) is 6.54 Å². The third kappa shape index (κ3) is 9.20. The molecule has 0 saturated heterocycles. The fourth-order valence-corrected chi connectivity index (χ4v) is 0.762. The van der Waals surface area contributed by atoms with Gasteiger partial charge in [-0.05, 0) is 20.8 Å². The lowest BCUT2D eigenvalue weighted by Crippen LogP contribution is -2.32. The first kappa shape index (κ1) is 15.3. The van der Waals surface area contributed by atoms with Crippen molar-refractivity contribution in [3.63, 3.8) is 0 Å². The van der Waals surface area contributed by atoms with Crippen LogP contribution < -0.4 is 11.1 Å². The van der Waals surface area contributed by atoms with Crippen LogP contribution in [0.15, 0.2) is 0 Å². The summed E-state index contributed by atoms with van der Waals surface area (Å²) in [5.74, 6) is 4.04. The summed E-state index contributed by atoms with van der Waals surface area (Å²) in [4.78, 5) is 21.5. The predicted molar refractivity (Wildman–Crippen MR) is 62.2 cm³/mol. The highest BCUT2D eigenvalue weighted by atomic mass is 16.6. The van der Waals surface area contributed by atoms with Crippen LogP contribution in [-0.4, -0.2) is 35.4 Å². The van der Waals surface area contributed by atoms with Gasteiger partial charge in [-0.1, -0.05) is 11.8 Å². The Morgan fingerprint density at radius 1 is 1.41 bits per heavy atom. The highest BCUT2D eigenvalue weighted by Gasteiger charge is 2.15. The largest absolute Gasteiger partial charge is 0.480 e. The number of aliphatic carboxylic acids is 1. The number of hydrogen-bond donors (Lipinski definition) is 3. The second kappa shape index (κ2) is 6.76. The van der Waals surface area contributed by atoms with E-state index in [1.165, 1.54) is 0 Å². The number of carboxylic acid groups (broad SMARTS) is 1. The van der Waals surface area contributed by atoms with Gasteiger partial charge in [0.1, 0.15) is 11.6 Å². The first-order valence-electron chi connectivity index (χ1n) is 5.13. The average Bonchev–Trinajstić information content (AvgIpc) is 2.13. The maximum Gasteiger partial charge on any atom is 0.408 e. The van der Waals surface area contributed by atoms with Crippen LogP contribution in [0.25, 0.3) is 0 Å². The number of carbonyl (C=O) groups excluding carboxylic acids is 1. The molecule has 1 atom stereocenters. The van der Waals surface area contributed by atoms with E-state index < -0.39 is 23.7 Å². The van der Waals surface area contributed by atoms with E-state index in [1.807, 2.05) is 0 Å². The predicted octanol–water partition coefficient (Wildman–Crippen LogP) is 0.317. The molecule has 0 saturated carbocycles. The molecular formula is C11H18N2O4. The standard InChI is InChI=1S/C11H18N2O4/c1-11(2,3)17-10(16)13-7-5-4-6-8(12)9(14)15/h8H,6-7,12H2,1-3H3,(H,13,16)(H,14,15)/t8-/m1/s1. The van der Waals surface area contributed by atoms with Gasteiger partial charge in [-0.2, -0.15) is 0 Å². The molecule has 0 radical (unpaired) electrons. The van der Waals surface area contributed by atoms with Crippen molar-refractivity contribution in [3.05, 3.63) is 0 Å². The van der Waals surface area contributed by atoms with E-state index in [0.29, 0.717) is 0 Å². The number of hydrogen-bond acceptors (Lipinski definition) is 4. The molecule has 0 spiro atoms. The van der Waals surface area contributed by atoms with Crippen molar-refractivity contribution in [2.75, 3.05) is 6.54 Å². The number of carbonyl (C=O) groups is 2. The summed E-state index contributed by atoms with van der Waals surface area (Å²) in [6.07, 6.45) is -0.514. The van der Waals surface area contributed by atoms with Crippen LogP contribution in [0.3, 0.4) is 0 Å². The summed E-state index contributed by atoms with van der Waals surface area (Å²) in [7, 11) is 0. The Kier molecular flexibility index (Phi) is 6.07. The molecule has 17 heavy (non-hydrogen) atoms. The molecule has 4 N–H and O–H groups in total. The van der Waals surface area contributed by atoms with Crippen molar-refractivity contribution in [3.8, 4) is 11.8 Å². The van der Waals surface area contributed by atoms with Crippen LogP contribution in [0.1, 0.15) is 27.2 Å². The Hall–Kier alpha value is -1.74. The van der Waals surface area contributed by atoms with Crippen LogP contribution in [0.5, 0.6) is 0 Å². The Labute approximate surface area is 101 Å². The Morgan fingerprint density at radius 2 is 2.00 bits per heavy atom. The molecule has 0 aliphatic rings. The molecular weight excluding hydrogens is 224 g/mol. The Morgan fingerprint density at radius 3 is 2.47 bits per heavy atom. The number of nitrogens with one attached hydrogen (secondary N) is 1. The molecule has 0 aliphatic heterocycles. The second-order valence-corrected chi connectivity index (χ2v) is 4.36. The highest BCUT2D eigenvalue weighted by Crippen LogP contribution is 2.05. The van der Waals surface area contributed by atoms with E-state index in [2.05, 4.69) is 17.2 Å². The maximum atomic E-state index is 11.1. The molecule has 0 aliphatic carbocycles. The fraction of sp³-hybridized carbons (Fsp3) is 0.636. The summed E-state index contributed by atoms with van der Waals surface area (Å²) in [5.41, 5.74) is 4.68. The number of rotatable bonds is 3. The van der Waals surface area contributed by atoms with Crippen molar-refractivity contribution in [1.82, 2.24) is 5.32 Å². The summed E-state index contributed by atoms with van der Waals surface area (Å²) < 4.78 is 4.97. The van der Waals surface area contributed by atoms with Crippen molar-refractivity contribution < 1.29 is 19.4 Å². The summed E-state index contributed by atoms with van der Waals surface area (Å²) in [6.45, 7) is 5.36. The van der Waals surface area contributed by atoms with Gasteiger partial charge in [-0.15, -0.1) is 0 Å². The summed E-state index contributed by atoms with van der Waals surface area (Å²) in [5, 5.41) is 10.9. The monoisotopic (exact) mass is 242 g/mol. The van der Waals surface area contributed by atoms with Crippen LogP contribution in [-0.2, 0) is 9.53 Å². The van der Waals surface area contributed by atoms with E-state index in [0.717, 1.165) is 0 Å². The van der Waals surface area contributed by atoms with Gasteiger partial charge in [0, 0.05) is 6.42 Å². The van der Waals surface area contributed by atoms with Crippen molar-refractivity contribution in [1.29, 1.82) is 0 Å². The quantitative estimate of drug-likeness (QED) is 0.618. The van der Waals surface area contributed by atoms with Crippen LogP contribution in [0, 0.1) is 11.8 Å². The zero-order valence-electron chi connectivity index (χ0n) is 10.2. The lowest BCUT2D eigenvalue weighted by atomic mass is 10.2. The van der Waals surface area contributed by atoms with Gasteiger partial charge in [0.25, 0.3) is 0 Å². The van der Waals surface area contributed by atoms with E-state index in [9.17, 15) is 9.59 Å². The molecule has 1 amide bonds. The average molecular weight is 242 g/mol. The molecule has 0 fully saturated rings. The van der Waals surface area contributed by atoms with Crippen LogP contribution in [0.2, 0.25) is 0 Å². The lowest BCUT2D eigenvalue weighted by Gasteiger charge is -2.19. The number of amides is 1. The number of carboxylic acids is 1. The first-order valence-corrected chi connectivity index (χ1v) is 5.13. The van der Waals surface area contributed by atoms with Crippen LogP contribution >= 0.6 is 0 Å². The molecule has 6 nitrogen and oxygen atoms in total. The van der Waals surface area contributed by atoms with Gasteiger partial charge < -0.3 is 20.9 Å².